The number of carbonyl (C=O) groups is 1. The first kappa shape index (κ1) is 23.6. The van der Waals surface area contributed by atoms with Gasteiger partial charge in [0.1, 0.15) is 5.75 Å². The summed E-state index contributed by atoms with van der Waals surface area (Å²) in [7, 11) is 4.08. The Hall–Kier alpha value is -3.51. The zero-order chi connectivity index (χ0) is 23.9. The van der Waals surface area contributed by atoms with E-state index in [0.29, 0.717) is 24.6 Å². The fourth-order valence-electron chi connectivity index (χ4n) is 4.44. The SMILES string of the molecule is CCOc1ccccc1NC(=O)NC[C@@H](c1ccc(N(C)C)cc1)N1CCc2ccccc2C1. The molecule has 0 fully saturated rings. The van der Waals surface area contributed by atoms with Crippen LogP contribution in [0.15, 0.2) is 72.8 Å². The van der Waals surface area contributed by atoms with E-state index >= 15 is 0 Å². The number of nitrogens with one attached hydrogen (secondary N) is 2. The number of rotatable bonds is 8. The molecule has 2 amide bonds. The number of amides is 2. The molecule has 1 aliphatic heterocycles. The van der Waals surface area contributed by atoms with Crippen molar-refractivity contribution >= 4 is 17.4 Å². The van der Waals surface area contributed by atoms with E-state index in [1.54, 1.807) is 0 Å². The van der Waals surface area contributed by atoms with Gasteiger partial charge in [-0.2, -0.15) is 0 Å². The van der Waals surface area contributed by atoms with Crippen molar-refractivity contribution in [1.82, 2.24) is 10.2 Å². The minimum atomic E-state index is -0.237. The van der Waals surface area contributed by atoms with Crippen molar-refractivity contribution in [2.24, 2.45) is 0 Å². The van der Waals surface area contributed by atoms with Crippen LogP contribution >= 0.6 is 0 Å². The Kier molecular flexibility index (Phi) is 7.70. The Balaban J connectivity index is 1.50. The first-order chi connectivity index (χ1) is 16.5. The molecule has 178 valence electrons. The van der Waals surface area contributed by atoms with E-state index in [1.165, 1.54) is 16.7 Å². The lowest BCUT2D eigenvalue weighted by Crippen LogP contribution is -2.41. The number of anilines is 2. The van der Waals surface area contributed by atoms with Crippen molar-refractivity contribution in [2.45, 2.75) is 25.9 Å². The lowest BCUT2D eigenvalue weighted by Gasteiger charge is -2.36. The maximum absolute atomic E-state index is 12.8. The summed E-state index contributed by atoms with van der Waals surface area (Å²) in [5, 5.41) is 6.04. The van der Waals surface area contributed by atoms with Gasteiger partial charge in [-0.25, -0.2) is 4.79 Å². The Morgan fingerprint density at radius 2 is 1.71 bits per heavy atom. The molecule has 6 heteroatoms. The quantitative estimate of drug-likeness (QED) is 0.495. The molecule has 0 saturated heterocycles. The summed E-state index contributed by atoms with van der Waals surface area (Å²) >= 11 is 0. The number of fused-ring (bicyclic) bond motifs is 1. The molecule has 0 radical (unpaired) electrons. The smallest absolute Gasteiger partial charge is 0.319 e. The Labute approximate surface area is 202 Å². The van der Waals surface area contributed by atoms with E-state index in [1.807, 2.05) is 45.3 Å². The fourth-order valence-corrected chi connectivity index (χ4v) is 4.44. The van der Waals surface area contributed by atoms with E-state index in [4.69, 9.17) is 4.74 Å². The summed E-state index contributed by atoms with van der Waals surface area (Å²) in [6.45, 7) is 4.80. The molecule has 34 heavy (non-hydrogen) atoms. The highest BCUT2D eigenvalue weighted by atomic mass is 16.5. The molecule has 1 aliphatic rings. The van der Waals surface area contributed by atoms with Gasteiger partial charge in [0.25, 0.3) is 0 Å². The van der Waals surface area contributed by atoms with Gasteiger partial charge in [0.05, 0.1) is 18.3 Å². The van der Waals surface area contributed by atoms with Gasteiger partial charge in [0.2, 0.25) is 0 Å². The Bertz CT molecular complexity index is 1100. The molecule has 0 spiro atoms. The third kappa shape index (κ3) is 5.69. The maximum atomic E-state index is 12.8. The van der Waals surface area contributed by atoms with Gasteiger partial charge in [0, 0.05) is 39.4 Å². The average molecular weight is 459 g/mol. The minimum absolute atomic E-state index is 0.0671. The number of carbonyl (C=O) groups excluding carboxylic acids is 1. The van der Waals surface area contributed by atoms with E-state index in [9.17, 15) is 4.79 Å². The van der Waals surface area contributed by atoms with Crippen LogP contribution in [0.25, 0.3) is 0 Å². The topological polar surface area (TPSA) is 56.8 Å². The number of benzene rings is 3. The van der Waals surface area contributed by atoms with Crippen molar-refractivity contribution in [3.05, 3.63) is 89.5 Å². The maximum Gasteiger partial charge on any atom is 0.319 e. The number of urea groups is 1. The van der Waals surface area contributed by atoms with Crippen LogP contribution in [0.2, 0.25) is 0 Å². The van der Waals surface area contributed by atoms with Gasteiger partial charge in [-0.05, 0) is 54.3 Å². The van der Waals surface area contributed by atoms with Gasteiger partial charge >= 0.3 is 6.03 Å². The Morgan fingerprint density at radius 3 is 2.44 bits per heavy atom. The van der Waals surface area contributed by atoms with Crippen molar-refractivity contribution in [1.29, 1.82) is 0 Å². The highest BCUT2D eigenvalue weighted by Crippen LogP contribution is 2.29. The molecule has 0 unspecified atom stereocenters. The van der Waals surface area contributed by atoms with Crippen LogP contribution in [0, 0.1) is 0 Å². The Morgan fingerprint density at radius 1 is 1.00 bits per heavy atom. The molecule has 0 aliphatic carbocycles. The van der Waals surface area contributed by atoms with Gasteiger partial charge < -0.3 is 20.3 Å². The molecular formula is C28H34N4O2. The van der Waals surface area contributed by atoms with E-state index in [2.05, 4.69) is 69.0 Å². The number of hydrogen-bond acceptors (Lipinski definition) is 4. The monoisotopic (exact) mass is 458 g/mol. The zero-order valence-corrected chi connectivity index (χ0v) is 20.3. The lowest BCUT2D eigenvalue weighted by atomic mass is 9.96. The normalized spacial score (nSPS) is 14.1. The van der Waals surface area contributed by atoms with Crippen LogP contribution < -0.4 is 20.3 Å². The van der Waals surface area contributed by atoms with Crippen molar-refractivity contribution in [3.8, 4) is 5.75 Å². The molecule has 3 aromatic carbocycles. The fraction of sp³-hybridized carbons (Fsp3) is 0.321. The standard InChI is InChI=1S/C28H34N4O2/c1-4-34-27-12-8-7-11-25(27)30-28(33)29-19-26(22-13-15-24(16-14-22)31(2)3)32-18-17-21-9-5-6-10-23(21)20-32/h5-16,26H,4,17-20H2,1-3H3,(H2,29,30,33)/t26-/m0/s1. The number of nitrogens with zero attached hydrogens (tertiary/aromatic N) is 2. The highest BCUT2D eigenvalue weighted by molar-refractivity contribution is 5.90. The third-order valence-corrected chi connectivity index (χ3v) is 6.29. The molecular weight excluding hydrogens is 424 g/mol. The summed E-state index contributed by atoms with van der Waals surface area (Å²) in [5.41, 5.74) is 5.79. The van der Waals surface area contributed by atoms with E-state index in [0.717, 1.165) is 25.2 Å². The number of ether oxygens (including phenoxy) is 1. The first-order valence-corrected chi connectivity index (χ1v) is 11.9. The first-order valence-electron chi connectivity index (χ1n) is 11.9. The summed E-state index contributed by atoms with van der Waals surface area (Å²) < 4.78 is 5.64. The second-order valence-electron chi connectivity index (χ2n) is 8.76. The molecule has 4 rings (SSSR count). The second kappa shape index (κ2) is 11.1. The molecule has 6 nitrogen and oxygen atoms in total. The molecule has 1 atom stereocenters. The van der Waals surface area contributed by atoms with Crippen molar-refractivity contribution in [2.75, 3.05) is 44.0 Å². The number of hydrogen-bond donors (Lipinski definition) is 2. The summed E-state index contributed by atoms with van der Waals surface area (Å²) in [6.07, 6.45) is 1.01. The van der Waals surface area contributed by atoms with Gasteiger partial charge in [-0.15, -0.1) is 0 Å². The molecule has 0 bridgehead atoms. The predicted molar refractivity (Wildman–Crippen MR) is 139 cm³/mol. The molecule has 3 aromatic rings. The van der Waals surface area contributed by atoms with Gasteiger partial charge in [-0.3, -0.25) is 4.90 Å². The van der Waals surface area contributed by atoms with Gasteiger partial charge in [-0.1, -0.05) is 48.5 Å². The van der Waals surface area contributed by atoms with Crippen LogP contribution in [0.5, 0.6) is 5.75 Å². The van der Waals surface area contributed by atoms with Crippen LogP contribution in [-0.4, -0.2) is 44.7 Å². The molecule has 0 saturated carbocycles. The van der Waals surface area contributed by atoms with Crippen LogP contribution in [0.4, 0.5) is 16.2 Å². The van der Waals surface area contributed by atoms with Crippen molar-refractivity contribution < 1.29 is 9.53 Å². The van der Waals surface area contributed by atoms with Gasteiger partial charge in [0.15, 0.2) is 0 Å². The van der Waals surface area contributed by atoms with E-state index < -0.39 is 0 Å². The molecule has 0 aromatic heterocycles. The summed E-state index contributed by atoms with van der Waals surface area (Å²) in [6, 6.07) is 24.6. The highest BCUT2D eigenvalue weighted by Gasteiger charge is 2.25. The predicted octanol–water partition coefficient (Wildman–Crippen LogP) is 5.07. The summed E-state index contributed by atoms with van der Waals surface area (Å²) in [5.74, 6) is 0.670. The molecule has 1 heterocycles. The average Bonchev–Trinajstić information content (AvgIpc) is 2.86. The van der Waals surface area contributed by atoms with Crippen molar-refractivity contribution in [3.63, 3.8) is 0 Å². The van der Waals surface area contributed by atoms with Crippen LogP contribution in [0.3, 0.4) is 0 Å². The van der Waals surface area contributed by atoms with E-state index in [-0.39, 0.29) is 12.1 Å². The zero-order valence-electron chi connectivity index (χ0n) is 20.3. The molecule has 2 N–H and O–H groups in total. The summed E-state index contributed by atoms with van der Waals surface area (Å²) in [4.78, 5) is 17.4. The third-order valence-electron chi connectivity index (χ3n) is 6.29. The van der Waals surface area contributed by atoms with Crippen LogP contribution in [-0.2, 0) is 13.0 Å². The number of para-hydroxylation sites is 2. The van der Waals surface area contributed by atoms with Crippen LogP contribution in [0.1, 0.15) is 29.7 Å². The second-order valence-corrected chi connectivity index (χ2v) is 8.76. The minimum Gasteiger partial charge on any atom is -0.492 e. The lowest BCUT2D eigenvalue weighted by molar-refractivity contribution is 0.175. The largest absolute Gasteiger partial charge is 0.492 e.